The SMILES string of the molecule is C[C@@H]([C@H]1OC(C)(C)O[C@H]([C@H]2COC(C)(C)O2)[C@H]1C)[C@@H](O[Si](C)(C)C(C)(C)C)[C@@H](C)C=O. The Morgan fingerprint density at radius 1 is 1.03 bits per heavy atom. The van der Waals surface area contributed by atoms with Crippen LogP contribution < -0.4 is 0 Å². The molecule has 0 aliphatic carbocycles. The molecule has 0 unspecified atom stereocenters. The quantitative estimate of drug-likeness (QED) is 0.388. The smallest absolute Gasteiger partial charge is 0.192 e. The fraction of sp³-hybridized carbons (Fsp3) is 0.958. The van der Waals surface area contributed by atoms with E-state index in [2.05, 4.69) is 47.7 Å². The lowest BCUT2D eigenvalue weighted by atomic mass is 9.80. The maximum atomic E-state index is 11.9. The highest BCUT2D eigenvalue weighted by atomic mass is 28.4. The number of hydrogen-bond acceptors (Lipinski definition) is 6. The summed E-state index contributed by atoms with van der Waals surface area (Å²) in [5, 5.41) is 0.0537. The van der Waals surface area contributed by atoms with E-state index < -0.39 is 19.9 Å². The number of carbonyl (C=O) groups excluding carboxylic acids is 1. The van der Waals surface area contributed by atoms with Gasteiger partial charge in [-0.25, -0.2) is 0 Å². The van der Waals surface area contributed by atoms with E-state index in [0.717, 1.165) is 6.29 Å². The van der Waals surface area contributed by atoms with Gasteiger partial charge in [-0.05, 0) is 45.8 Å². The fourth-order valence-electron chi connectivity index (χ4n) is 4.44. The number of carbonyl (C=O) groups is 1. The van der Waals surface area contributed by atoms with Gasteiger partial charge in [-0.1, -0.05) is 41.5 Å². The number of ether oxygens (including phenoxy) is 4. The third kappa shape index (κ3) is 6.18. The minimum absolute atomic E-state index is 0.00494. The van der Waals surface area contributed by atoms with Crippen LogP contribution in [0.2, 0.25) is 18.1 Å². The van der Waals surface area contributed by atoms with Gasteiger partial charge in [-0.15, -0.1) is 0 Å². The Balaban J connectivity index is 2.31. The van der Waals surface area contributed by atoms with Crippen LogP contribution in [0.1, 0.15) is 69.2 Å². The van der Waals surface area contributed by atoms with Crippen molar-refractivity contribution in [3.8, 4) is 0 Å². The molecule has 2 aliphatic heterocycles. The minimum Gasteiger partial charge on any atom is -0.413 e. The van der Waals surface area contributed by atoms with E-state index in [1.807, 2.05) is 34.6 Å². The molecule has 182 valence electrons. The van der Waals surface area contributed by atoms with Crippen molar-refractivity contribution in [2.24, 2.45) is 17.8 Å². The molecule has 0 bridgehead atoms. The molecular formula is C24H46O6Si. The summed E-state index contributed by atoms with van der Waals surface area (Å²) >= 11 is 0. The summed E-state index contributed by atoms with van der Waals surface area (Å²) in [6, 6.07) is 0. The summed E-state index contributed by atoms with van der Waals surface area (Å²) in [6.45, 7) is 25.6. The maximum absolute atomic E-state index is 11.9. The van der Waals surface area contributed by atoms with Crippen LogP contribution in [0.15, 0.2) is 0 Å². The van der Waals surface area contributed by atoms with Gasteiger partial charge in [0.1, 0.15) is 12.4 Å². The molecule has 7 heteroatoms. The Morgan fingerprint density at radius 3 is 2.06 bits per heavy atom. The molecular weight excluding hydrogens is 412 g/mol. The third-order valence-corrected chi connectivity index (χ3v) is 11.8. The van der Waals surface area contributed by atoms with Crippen molar-refractivity contribution >= 4 is 14.6 Å². The molecule has 0 aromatic rings. The average Bonchev–Trinajstić information content (AvgIpc) is 2.98. The van der Waals surface area contributed by atoms with Crippen molar-refractivity contribution in [3.63, 3.8) is 0 Å². The zero-order chi connectivity index (χ0) is 24.0. The van der Waals surface area contributed by atoms with Gasteiger partial charge >= 0.3 is 0 Å². The Bertz CT molecular complexity index is 626. The molecule has 0 aromatic heterocycles. The van der Waals surface area contributed by atoms with E-state index >= 15 is 0 Å². The van der Waals surface area contributed by atoms with E-state index in [0.29, 0.717) is 6.61 Å². The van der Waals surface area contributed by atoms with E-state index in [4.69, 9.17) is 23.4 Å². The van der Waals surface area contributed by atoms with Crippen molar-refractivity contribution < 1.29 is 28.2 Å². The van der Waals surface area contributed by atoms with Gasteiger partial charge in [-0.2, -0.15) is 0 Å². The molecule has 2 aliphatic rings. The van der Waals surface area contributed by atoms with Crippen molar-refractivity contribution in [1.82, 2.24) is 0 Å². The first-order chi connectivity index (χ1) is 13.9. The van der Waals surface area contributed by atoms with Crippen LogP contribution in [0.4, 0.5) is 0 Å². The van der Waals surface area contributed by atoms with Gasteiger partial charge in [-0.3, -0.25) is 0 Å². The lowest BCUT2D eigenvalue weighted by Crippen LogP contribution is -2.59. The zero-order valence-electron chi connectivity index (χ0n) is 21.8. The van der Waals surface area contributed by atoms with E-state index in [1.165, 1.54) is 0 Å². The topological polar surface area (TPSA) is 63.2 Å². The average molecular weight is 459 g/mol. The number of rotatable bonds is 7. The lowest BCUT2D eigenvalue weighted by Gasteiger charge is -2.51. The van der Waals surface area contributed by atoms with Crippen molar-refractivity contribution in [2.45, 2.75) is 123 Å². The first kappa shape index (κ1) is 26.9. The summed E-state index contributed by atoms with van der Waals surface area (Å²) in [7, 11) is -2.08. The monoisotopic (exact) mass is 458 g/mol. The van der Waals surface area contributed by atoms with Gasteiger partial charge in [0.05, 0.1) is 24.9 Å². The van der Waals surface area contributed by atoms with Crippen LogP contribution in [-0.2, 0) is 28.2 Å². The summed E-state index contributed by atoms with van der Waals surface area (Å²) < 4.78 is 31.6. The van der Waals surface area contributed by atoms with Gasteiger partial charge in [0.2, 0.25) is 0 Å². The molecule has 0 saturated carbocycles. The van der Waals surface area contributed by atoms with E-state index in [9.17, 15) is 4.79 Å². The Labute approximate surface area is 190 Å². The highest BCUT2D eigenvalue weighted by Gasteiger charge is 2.52. The molecule has 2 saturated heterocycles. The van der Waals surface area contributed by atoms with E-state index in [1.54, 1.807) is 0 Å². The molecule has 2 heterocycles. The van der Waals surface area contributed by atoms with Gasteiger partial charge in [0.25, 0.3) is 0 Å². The minimum atomic E-state index is -2.08. The second-order valence-electron chi connectivity index (χ2n) is 12.0. The molecule has 2 rings (SSSR count). The van der Waals surface area contributed by atoms with Crippen LogP contribution >= 0.6 is 0 Å². The van der Waals surface area contributed by atoms with Crippen molar-refractivity contribution in [2.75, 3.05) is 6.61 Å². The summed E-state index contributed by atoms with van der Waals surface area (Å²) in [4.78, 5) is 11.9. The fourth-order valence-corrected chi connectivity index (χ4v) is 5.90. The first-order valence-corrected chi connectivity index (χ1v) is 14.6. The van der Waals surface area contributed by atoms with Crippen molar-refractivity contribution in [1.29, 1.82) is 0 Å². The third-order valence-electron chi connectivity index (χ3n) is 7.28. The number of aldehydes is 1. The first-order valence-electron chi connectivity index (χ1n) is 11.7. The summed E-state index contributed by atoms with van der Waals surface area (Å²) in [6.07, 6.45) is 0.317. The Kier molecular flexibility index (Phi) is 7.95. The predicted octanol–water partition coefficient (Wildman–Crippen LogP) is 5.16. The summed E-state index contributed by atoms with van der Waals surface area (Å²) in [5.74, 6) is -1.55. The molecule has 0 spiro atoms. The van der Waals surface area contributed by atoms with Crippen LogP contribution in [0.25, 0.3) is 0 Å². The van der Waals surface area contributed by atoms with Gasteiger partial charge in [0.15, 0.2) is 19.9 Å². The molecule has 0 amide bonds. The van der Waals surface area contributed by atoms with Crippen LogP contribution in [-0.4, -0.2) is 57.2 Å². The lowest BCUT2D eigenvalue weighted by molar-refractivity contribution is -0.344. The normalized spacial score (nSPS) is 34.2. The largest absolute Gasteiger partial charge is 0.413 e. The highest BCUT2D eigenvalue weighted by Crippen LogP contribution is 2.43. The molecule has 6 nitrogen and oxygen atoms in total. The van der Waals surface area contributed by atoms with Crippen LogP contribution in [0.5, 0.6) is 0 Å². The molecule has 0 N–H and O–H groups in total. The standard InChI is InChI=1S/C24H46O6Si/c1-15(13-25)19(30-31(11,12)22(4,5)6)16(2)20-17(3)21(29-24(9,10)28-20)18-14-26-23(7,8)27-18/h13,15-21H,14H2,1-12H3/t15-,16+,17-,18+,19-,20+,21-/m0/s1. The van der Waals surface area contributed by atoms with Crippen LogP contribution in [0, 0.1) is 17.8 Å². The molecule has 0 radical (unpaired) electrons. The molecule has 31 heavy (non-hydrogen) atoms. The highest BCUT2D eigenvalue weighted by molar-refractivity contribution is 6.74. The summed E-state index contributed by atoms with van der Waals surface area (Å²) in [5.41, 5.74) is 0. The number of hydrogen-bond donors (Lipinski definition) is 0. The molecule has 7 atom stereocenters. The molecule has 0 aromatic carbocycles. The zero-order valence-corrected chi connectivity index (χ0v) is 22.8. The van der Waals surface area contributed by atoms with Crippen LogP contribution in [0.3, 0.4) is 0 Å². The predicted molar refractivity (Wildman–Crippen MR) is 124 cm³/mol. The van der Waals surface area contributed by atoms with Gasteiger partial charge in [0, 0.05) is 17.8 Å². The van der Waals surface area contributed by atoms with Crippen molar-refractivity contribution in [3.05, 3.63) is 0 Å². The Morgan fingerprint density at radius 2 is 1.61 bits per heavy atom. The Hall–Kier alpha value is -0.313. The second-order valence-corrected chi connectivity index (χ2v) is 16.7. The molecule has 2 fully saturated rings. The maximum Gasteiger partial charge on any atom is 0.192 e. The van der Waals surface area contributed by atoms with E-state index in [-0.39, 0.29) is 47.2 Å². The van der Waals surface area contributed by atoms with Gasteiger partial charge < -0.3 is 28.2 Å². The second kappa shape index (κ2) is 9.14.